The fourth-order valence-electron chi connectivity index (χ4n) is 5.03. The molecule has 0 aromatic carbocycles. The van der Waals surface area contributed by atoms with Crippen LogP contribution in [-0.4, -0.2) is 111 Å². The van der Waals surface area contributed by atoms with Crippen LogP contribution in [0.1, 0.15) is 19.3 Å². The average Bonchev–Trinajstić information content (AvgIpc) is 3.54. The lowest BCUT2D eigenvalue weighted by Gasteiger charge is -2.37. The molecule has 4 fully saturated rings. The summed E-state index contributed by atoms with van der Waals surface area (Å²) in [7, 11) is 0. The van der Waals surface area contributed by atoms with Gasteiger partial charge in [0.1, 0.15) is 0 Å². The summed E-state index contributed by atoms with van der Waals surface area (Å²) in [5.41, 5.74) is 0. The van der Waals surface area contributed by atoms with Crippen LogP contribution in [0.3, 0.4) is 0 Å². The van der Waals surface area contributed by atoms with Crippen LogP contribution in [0.25, 0.3) is 0 Å². The molecule has 0 bridgehead atoms. The maximum Gasteiger partial charge on any atom is 0.228 e. The second kappa shape index (κ2) is 9.67. The van der Waals surface area contributed by atoms with Gasteiger partial charge in [-0.15, -0.1) is 10.2 Å². The lowest BCUT2D eigenvalue weighted by Crippen LogP contribution is -2.51. The zero-order chi connectivity index (χ0) is 21.0. The molecule has 0 N–H and O–H groups in total. The molecule has 4 aliphatic heterocycles. The van der Waals surface area contributed by atoms with E-state index in [1.807, 2.05) is 4.90 Å². The molecule has 0 spiro atoms. The van der Waals surface area contributed by atoms with Gasteiger partial charge in [0.15, 0.2) is 11.6 Å². The number of rotatable bonds is 5. The monoisotopic (exact) mass is 430 g/mol. The number of carbonyl (C=O) groups excluding carboxylic acids is 1. The predicted octanol–water partition coefficient (Wildman–Crippen LogP) is 0.463. The van der Waals surface area contributed by atoms with Crippen LogP contribution in [0.5, 0.6) is 0 Å². The number of carbonyl (C=O) groups is 1. The van der Waals surface area contributed by atoms with Gasteiger partial charge in [-0.3, -0.25) is 9.69 Å². The van der Waals surface area contributed by atoms with Crippen molar-refractivity contribution in [3.63, 3.8) is 0 Å². The molecular weight excluding hydrogens is 396 g/mol. The smallest absolute Gasteiger partial charge is 0.228 e. The Morgan fingerprint density at radius 2 is 1.58 bits per heavy atom. The van der Waals surface area contributed by atoms with Crippen LogP contribution in [0.15, 0.2) is 12.1 Å². The first kappa shape index (κ1) is 20.9. The molecule has 9 heteroatoms. The van der Waals surface area contributed by atoms with E-state index in [4.69, 9.17) is 9.47 Å². The highest BCUT2D eigenvalue weighted by atomic mass is 16.5. The summed E-state index contributed by atoms with van der Waals surface area (Å²) in [6.45, 7) is 10.4. The zero-order valence-corrected chi connectivity index (χ0v) is 18.3. The van der Waals surface area contributed by atoms with Gasteiger partial charge in [0.25, 0.3) is 0 Å². The highest BCUT2D eigenvalue weighted by Gasteiger charge is 2.30. The third-order valence-electron chi connectivity index (χ3n) is 7.01. The molecule has 4 saturated heterocycles. The van der Waals surface area contributed by atoms with E-state index >= 15 is 0 Å². The molecular formula is C22H34N6O3. The van der Waals surface area contributed by atoms with Gasteiger partial charge in [-0.05, 0) is 31.4 Å². The number of nitrogens with zero attached hydrogens (tertiary/aromatic N) is 6. The summed E-state index contributed by atoms with van der Waals surface area (Å²) in [4.78, 5) is 21.6. The van der Waals surface area contributed by atoms with Crippen LogP contribution >= 0.6 is 0 Å². The van der Waals surface area contributed by atoms with Crippen molar-refractivity contribution in [3.05, 3.63) is 12.1 Å². The summed E-state index contributed by atoms with van der Waals surface area (Å²) in [5.74, 6) is 2.15. The van der Waals surface area contributed by atoms with E-state index in [0.29, 0.717) is 19.3 Å². The van der Waals surface area contributed by atoms with E-state index in [-0.39, 0.29) is 11.8 Å². The van der Waals surface area contributed by atoms with Crippen molar-refractivity contribution in [1.82, 2.24) is 20.0 Å². The van der Waals surface area contributed by atoms with Crippen LogP contribution in [0, 0.1) is 5.92 Å². The van der Waals surface area contributed by atoms with Crippen molar-refractivity contribution in [2.24, 2.45) is 5.92 Å². The number of hydrogen-bond donors (Lipinski definition) is 0. The lowest BCUT2D eigenvalue weighted by molar-refractivity contribution is -0.135. The van der Waals surface area contributed by atoms with Crippen LogP contribution in [0.2, 0.25) is 0 Å². The Labute approximate surface area is 184 Å². The van der Waals surface area contributed by atoms with E-state index < -0.39 is 0 Å². The second-order valence-corrected chi connectivity index (χ2v) is 9.05. The highest BCUT2D eigenvalue weighted by Crippen LogP contribution is 2.21. The van der Waals surface area contributed by atoms with Gasteiger partial charge in [0.2, 0.25) is 5.91 Å². The topological polar surface area (TPSA) is 74.3 Å². The molecule has 5 heterocycles. The molecule has 0 saturated carbocycles. The molecule has 5 rings (SSSR count). The van der Waals surface area contributed by atoms with Gasteiger partial charge in [0.05, 0.1) is 18.6 Å². The predicted molar refractivity (Wildman–Crippen MR) is 117 cm³/mol. The third kappa shape index (κ3) is 4.94. The third-order valence-corrected chi connectivity index (χ3v) is 7.01. The minimum absolute atomic E-state index is 0.0526. The summed E-state index contributed by atoms with van der Waals surface area (Å²) >= 11 is 0. The molecule has 0 radical (unpaired) electrons. The maximum absolute atomic E-state index is 12.6. The van der Waals surface area contributed by atoms with Crippen LogP contribution in [-0.2, 0) is 14.3 Å². The van der Waals surface area contributed by atoms with Crippen molar-refractivity contribution in [2.75, 3.05) is 88.5 Å². The molecule has 1 amide bonds. The Hall–Kier alpha value is -1.97. The fourth-order valence-corrected chi connectivity index (χ4v) is 5.03. The molecule has 4 aliphatic rings. The molecule has 31 heavy (non-hydrogen) atoms. The summed E-state index contributed by atoms with van der Waals surface area (Å²) in [6, 6.07) is 4.16. The molecule has 0 aliphatic carbocycles. The standard InChI is InChI=1S/C22H34N6O3/c29-22(18-5-15-30-17-18)28-12-10-27(11-13-28)21-4-3-20(23-24-21)26-8-6-25(7-9-26)16-19-2-1-14-31-19/h3-4,18-19H,1-2,5-17H2. The van der Waals surface area contributed by atoms with Gasteiger partial charge < -0.3 is 24.2 Å². The number of amides is 1. The SMILES string of the molecule is O=C(C1CCOC1)N1CCN(c2ccc(N3CCN(CC4CCCO4)CC3)nn2)CC1. The molecule has 1 aromatic rings. The van der Waals surface area contributed by atoms with Crippen molar-refractivity contribution in [3.8, 4) is 0 Å². The van der Waals surface area contributed by atoms with Gasteiger partial charge in [-0.1, -0.05) is 0 Å². The number of ether oxygens (including phenoxy) is 2. The van der Waals surface area contributed by atoms with Crippen LogP contribution in [0.4, 0.5) is 11.6 Å². The first-order valence-corrected chi connectivity index (χ1v) is 11.8. The van der Waals surface area contributed by atoms with E-state index in [1.165, 1.54) is 12.8 Å². The van der Waals surface area contributed by atoms with Crippen molar-refractivity contribution in [2.45, 2.75) is 25.4 Å². The van der Waals surface area contributed by atoms with Gasteiger partial charge in [0, 0.05) is 72.1 Å². The summed E-state index contributed by atoms with van der Waals surface area (Å²) in [5, 5.41) is 9.02. The summed E-state index contributed by atoms with van der Waals surface area (Å²) in [6.07, 6.45) is 3.68. The van der Waals surface area contributed by atoms with E-state index in [1.54, 1.807) is 0 Å². The molecule has 170 valence electrons. The first-order valence-electron chi connectivity index (χ1n) is 11.8. The van der Waals surface area contributed by atoms with Gasteiger partial charge >= 0.3 is 0 Å². The quantitative estimate of drug-likeness (QED) is 0.667. The number of aromatic nitrogens is 2. The summed E-state index contributed by atoms with van der Waals surface area (Å²) < 4.78 is 11.1. The second-order valence-electron chi connectivity index (χ2n) is 9.05. The first-order chi connectivity index (χ1) is 15.3. The van der Waals surface area contributed by atoms with Crippen molar-refractivity contribution in [1.29, 1.82) is 0 Å². The minimum atomic E-state index is 0.0526. The fraction of sp³-hybridized carbons (Fsp3) is 0.773. The van der Waals surface area contributed by atoms with Gasteiger partial charge in [-0.25, -0.2) is 0 Å². The number of anilines is 2. The number of hydrogen-bond acceptors (Lipinski definition) is 8. The Kier molecular flexibility index (Phi) is 6.52. The normalized spacial score (nSPS) is 27.8. The maximum atomic E-state index is 12.6. The Morgan fingerprint density at radius 3 is 2.13 bits per heavy atom. The lowest BCUT2D eigenvalue weighted by atomic mass is 10.1. The Bertz CT molecular complexity index is 719. The van der Waals surface area contributed by atoms with Crippen molar-refractivity contribution >= 4 is 17.5 Å². The average molecular weight is 431 g/mol. The Balaban J connectivity index is 1.08. The van der Waals surface area contributed by atoms with Crippen LogP contribution < -0.4 is 9.80 Å². The molecule has 2 unspecified atom stereocenters. The molecule has 9 nitrogen and oxygen atoms in total. The van der Waals surface area contributed by atoms with Gasteiger partial charge in [-0.2, -0.15) is 0 Å². The van der Waals surface area contributed by atoms with E-state index in [9.17, 15) is 4.79 Å². The minimum Gasteiger partial charge on any atom is -0.381 e. The zero-order valence-electron chi connectivity index (χ0n) is 18.3. The van der Waals surface area contributed by atoms with E-state index in [0.717, 1.165) is 83.6 Å². The largest absolute Gasteiger partial charge is 0.381 e. The molecule has 1 aromatic heterocycles. The highest BCUT2D eigenvalue weighted by molar-refractivity contribution is 5.79. The van der Waals surface area contributed by atoms with Crippen molar-refractivity contribution < 1.29 is 14.3 Å². The van der Waals surface area contributed by atoms with E-state index in [2.05, 4.69) is 37.0 Å². The number of piperazine rings is 2. The Morgan fingerprint density at radius 1 is 0.903 bits per heavy atom. The molecule has 2 atom stereocenters.